The van der Waals surface area contributed by atoms with Crippen LogP contribution in [0, 0.1) is 0 Å². The summed E-state index contributed by atoms with van der Waals surface area (Å²) in [6.45, 7) is 4.06. The normalized spacial score (nSPS) is 14.5. The Kier molecular flexibility index (Phi) is 29.7. The average molecular weight is 566 g/mol. The predicted octanol–water partition coefficient (Wildman–Crippen LogP) is 9.17. The fraction of sp³-hybridized carbons (Fsp3) is 0.541. The van der Waals surface area contributed by atoms with Crippen molar-refractivity contribution in [1.82, 2.24) is 5.32 Å². The molecule has 0 radical (unpaired) electrons. The average Bonchev–Trinajstić information content (AvgIpc) is 2.97. The maximum Gasteiger partial charge on any atom is 0.220 e. The summed E-state index contributed by atoms with van der Waals surface area (Å²) in [7, 11) is 0. The summed E-state index contributed by atoms with van der Waals surface area (Å²) in [5.41, 5.74) is 0. The Morgan fingerprint density at radius 1 is 0.610 bits per heavy atom. The zero-order chi connectivity index (χ0) is 30.1. The van der Waals surface area contributed by atoms with Gasteiger partial charge in [-0.25, -0.2) is 0 Å². The van der Waals surface area contributed by atoms with Crippen molar-refractivity contribution in [3.05, 3.63) is 97.2 Å². The van der Waals surface area contributed by atoms with Gasteiger partial charge in [-0.2, -0.15) is 0 Å². The third-order valence-electron chi connectivity index (χ3n) is 6.28. The number of allylic oxidation sites excluding steroid dienone is 15. The minimum Gasteiger partial charge on any atom is -0.394 e. The fourth-order valence-electron chi connectivity index (χ4n) is 3.82. The number of carbonyl (C=O) groups is 1. The second-order valence-electron chi connectivity index (χ2n) is 10.1. The van der Waals surface area contributed by atoms with Crippen molar-refractivity contribution >= 4 is 5.91 Å². The van der Waals surface area contributed by atoms with Crippen molar-refractivity contribution in [2.24, 2.45) is 0 Å². The van der Waals surface area contributed by atoms with Gasteiger partial charge >= 0.3 is 0 Å². The van der Waals surface area contributed by atoms with Crippen molar-refractivity contribution in [2.75, 3.05) is 6.61 Å². The van der Waals surface area contributed by atoms with Gasteiger partial charge in [-0.15, -0.1) is 0 Å². The summed E-state index contributed by atoms with van der Waals surface area (Å²) < 4.78 is 0. The number of aliphatic hydroxyl groups excluding tert-OH is 2. The van der Waals surface area contributed by atoms with E-state index in [1.54, 1.807) is 6.08 Å². The van der Waals surface area contributed by atoms with Crippen LogP contribution < -0.4 is 5.32 Å². The first-order valence-corrected chi connectivity index (χ1v) is 16.0. The van der Waals surface area contributed by atoms with Crippen LogP contribution in [-0.2, 0) is 4.79 Å². The third-order valence-corrected chi connectivity index (χ3v) is 6.28. The monoisotopic (exact) mass is 565 g/mol. The Labute approximate surface area is 252 Å². The second-order valence-corrected chi connectivity index (χ2v) is 10.1. The zero-order valence-corrected chi connectivity index (χ0v) is 26.0. The maximum absolute atomic E-state index is 12.2. The Hall–Kier alpha value is -2.69. The molecule has 41 heavy (non-hydrogen) atoms. The lowest BCUT2D eigenvalue weighted by atomic mass is 10.1. The van der Waals surface area contributed by atoms with E-state index < -0.39 is 12.1 Å². The Morgan fingerprint density at radius 3 is 1.56 bits per heavy atom. The quantitative estimate of drug-likeness (QED) is 0.0723. The van der Waals surface area contributed by atoms with Gasteiger partial charge in [0.25, 0.3) is 0 Å². The summed E-state index contributed by atoms with van der Waals surface area (Å²) in [6, 6.07) is -0.678. The van der Waals surface area contributed by atoms with Gasteiger partial charge in [-0.3, -0.25) is 4.79 Å². The molecule has 2 unspecified atom stereocenters. The molecule has 0 aliphatic carbocycles. The summed E-state index contributed by atoms with van der Waals surface area (Å²) in [6.07, 6.45) is 47.7. The SMILES string of the molecule is CC/C=C\C/C=C\C/C=C\C/C=C\C/C=C\CCCC(=O)NC(CO)C(O)/C=C/CC/C=C/CC/C=C/CCCC. The van der Waals surface area contributed by atoms with Gasteiger partial charge < -0.3 is 15.5 Å². The van der Waals surface area contributed by atoms with Crippen LogP contribution >= 0.6 is 0 Å². The molecule has 0 aromatic heterocycles. The highest BCUT2D eigenvalue weighted by Crippen LogP contribution is 2.04. The summed E-state index contributed by atoms with van der Waals surface area (Å²) in [5.74, 6) is -0.143. The third kappa shape index (κ3) is 28.6. The molecule has 2 atom stereocenters. The van der Waals surface area contributed by atoms with Crippen LogP contribution in [0.3, 0.4) is 0 Å². The number of unbranched alkanes of at least 4 members (excludes halogenated alkanes) is 5. The first kappa shape index (κ1) is 38.3. The molecule has 230 valence electrons. The van der Waals surface area contributed by atoms with E-state index in [0.717, 1.165) is 70.6 Å². The molecule has 0 aromatic carbocycles. The van der Waals surface area contributed by atoms with Crippen LogP contribution in [0.2, 0.25) is 0 Å². The highest BCUT2D eigenvalue weighted by Gasteiger charge is 2.17. The van der Waals surface area contributed by atoms with Crippen LogP contribution in [0.1, 0.15) is 110 Å². The molecule has 4 heteroatoms. The van der Waals surface area contributed by atoms with Crippen LogP contribution in [0.4, 0.5) is 0 Å². The Bertz CT molecular complexity index is 829. The molecule has 0 aliphatic rings. The first-order chi connectivity index (χ1) is 20.2. The van der Waals surface area contributed by atoms with Crippen molar-refractivity contribution in [1.29, 1.82) is 0 Å². The number of aliphatic hydroxyl groups is 2. The topological polar surface area (TPSA) is 69.6 Å². The van der Waals surface area contributed by atoms with Gasteiger partial charge in [0.2, 0.25) is 5.91 Å². The molecule has 0 rings (SSSR count). The van der Waals surface area contributed by atoms with E-state index in [9.17, 15) is 15.0 Å². The molecular formula is C37H59NO3. The van der Waals surface area contributed by atoms with Gasteiger partial charge in [-0.1, -0.05) is 124 Å². The molecule has 0 bridgehead atoms. The van der Waals surface area contributed by atoms with Gasteiger partial charge in [0.05, 0.1) is 18.8 Å². The van der Waals surface area contributed by atoms with Gasteiger partial charge in [0, 0.05) is 6.42 Å². The molecule has 0 aliphatic heterocycles. The Morgan fingerprint density at radius 2 is 1.05 bits per heavy atom. The van der Waals surface area contributed by atoms with Gasteiger partial charge in [0.1, 0.15) is 0 Å². The molecule has 0 spiro atoms. The smallest absolute Gasteiger partial charge is 0.220 e. The minimum atomic E-state index is -0.896. The van der Waals surface area contributed by atoms with E-state index in [4.69, 9.17) is 0 Å². The number of hydrogen-bond donors (Lipinski definition) is 3. The number of nitrogens with one attached hydrogen (secondary N) is 1. The Balaban J connectivity index is 3.92. The van der Waals surface area contributed by atoms with E-state index in [2.05, 4.69) is 104 Å². The largest absolute Gasteiger partial charge is 0.394 e. The zero-order valence-electron chi connectivity index (χ0n) is 26.0. The van der Waals surface area contributed by atoms with Crippen molar-refractivity contribution in [3.63, 3.8) is 0 Å². The number of carbonyl (C=O) groups excluding carboxylic acids is 1. The molecule has 0 fully saturated rings. The van der Waals surface area contributed by atoms with Crippen molar-refractivity contribution in [2.45, 2.75) is 122 Å². The highest BCUT2D eigenvalue weighted by atomic mass is 16.3. The standard InChI is InChI=1S/C37H59NO3/c1-3-5-7-9-11-13-15-17-18-19-20-21-23-25-27-29-31-33-37(41)38-35(34-39)36(40)32-30-28-26-24-22-16-14-12-10-8-6-4-2/h5,7,10-13,17-18,20-22,24-25,27,30,32,35-36,39-40H,3-4,6,8-9,14-16,19,23,26,28-29,31,33-34H2,1-2H3,(H,38,41)/b7-5-,12-10+,13-11-,18-17-,21-20-,24-22+,27-25-,32-30+. The van der Waals surface area contributed by atoms with E-state index in [-0.39, 0.29) is 12.5 Å². The molecule has 0 aromatic rings. The van der Waals surface area contributed by atoms with Crippen LogP contribution in [0.15, 0.2) is 97.2 Å². The number of amides is 1. The van der Waals surface area contributed by atoms with E-state index in [1.165, 1.54) is 19.3 Å². The summed E-state index contributed by atoms with van der Waals surface area (Å²) in [4.78, 5) is 12.2. The number of rotatable bonds is 26. The fourth-order valence-corrected chi connectivity index (χ4v) is 3.82. The lowest BCUT2D eigenvalue weighted by molar-refractivity contribution is -0.122. The van der Waals surface area contributed by atoms with Crippen LogP contribution in [0.25, 0.3) is 0 Å². The molecule has 0 heterocycles. The summed E-state index contributed by atoms with van der Waals surface area (Å²) >= 11 is 0. The lowest BCUT2D eigenvalue weighted by Crippen LogP contribution is -2.45. The van der Waals surface area contributed by atoms with Crippen LogP contribution in [-0.4, -0.2) is 34.9 Å². The van der Waals surface area contributed by atoms with E-state index in [0.29, 0.717) is 6.42 Å². The molecule has 3 N–H and O–H groups in total. The number of hydrogen-bond acceptors (Lipinski definition) is 3. The van der Waals surface area contributed by atoms with Crippen molar-refractivity contribution in [3.8, 4) is 0 Å². The highest BCUT2D eigenvalue weighted by molar-refractivity contribution is 5.76. The second kappa shape index (κ2) is 31.8. The first-order valence-electron chi connectivity index (χ1n) is 16.0. The molecule has 1 amide bonds. The van der Waals surface area contributed by atoms with E-state index in [1.807, 2.05) is 6.08 Å². The lowest BCUT2D eigenvalue weighted by Gasteiger charge is -2.19. The van der Waals surface area contributed by atoms with Gasteiger partial charge in [-0.05, 0) is 77.0 Å². The maximum atomic E-state index is 12.2. The summed E-state index contributed by atoms with van der Waals surface area (Å²) in [5, 5.41) is 22.7. The molecule has 4 nitrogen and oxygen atoms in total. The minimum absolute atomic E-state index is 0.143. The van der Waals surface area contributed by atoms with Gasteiger partial charge in [0.15, 0.2) is 0 Å². The molecular weight excluding hydrogens is 506 g/mol. The molecule has 0 saturated carbocycles. The van der Waals surface area contributed by atoms with E-state index >= 15 is 0 Å². The van der Waals surface area contributed by atoms with Crippen molar-refractivity contribution < 1.29 is 15.0 Å². The predicted molar refractivity (Wildman–Crippen MR) is 179 cm³/mol. The molecule has 0 saturated heterocycles. The van der Waals surface area contributed by atoms with Crippen LogP contribution in [0.5, 0.6) is 0 Å².